The number of hydrogen-bond acceptors (Lipinski definition) is 2. The van der Waals surface area contributed by atoms with Gasteiger partial charge in [0.2, 0.25) is 0 Å². The van der Waals surface area contributed by atoms with Crippen molar-refractivity contribution in [2.45, 2.75) is 19.1 Å². The van der Waals surface area contributed by atoms with E-state index in [1.165, 1.54) is 6.07 Å². The summed E-state index contributed by atoms with van der Waals surface area (Å²) in [6.45, 7) is 1.75. The SMILES string of the molecule is CC(Nc1ccccc1C#N)c1cccc(C(F)(F)F)c1. The number of benzene rings is 2. The van der Waals surface area contributed by atoms with Crippen molar-refractivity contribution in [3.63, 3.8) is 0 Å². The number of nitrogens with one attached hydrogen (secondary N) is 1. The minimum absolute atomic E-state index is 0.346. The second kappa shape index (κ2) is 5.88. The van der Waals surface area contributed by atoms with Gasteiger partial charge in [0.05, 0.1) is 16.8 Å². The highest BCUT2D eigenvalue weighted by molar-refractivity contribution is 5.58. The van der Waals surface area contributed by atoms with Crippen LogP contribution >= 0.6 is 0 Å². The van der Waals surface area contributed by atoms with Gasteiger partial charge in [-0.1, -0.05) is 24.3 Å². The van der Waals surface area contributed by atoms with E-state index in [-0.39, 0.29) is 6.04 Å². The minimum atomic E-state index is -4.36. The standard InChI is InChI=1S/C16H13F3N2/c1-11(21-15-8-3-2-5-13(15)10-20)12-6-4-7-14(9-12)16(17,18)19/h2-9,11,21H,1H3. The topological polar surface area (TPSA) is 35.8 Å². The van der Waals surface area contributed by atoms with Crippen LogP contribution in [0, 0.1) is 11.3 Å². The molecule has 2 rings (SSSR count). The fourth-order valence-electron chi connectivity index (χ4n) is 2.01. The third-order valence-electron chi connectivity index (χ3n) is 3.13. The molecule has 21 heavy (non-hydrogen) atoms. The molecular formula is C16H13F3N2. The molecule has 0 radical (unpaired) electrons. The number of hydrogen-bond donors (Lipinski definition) is 1. The summed E-state index contributed by atoms with van der Waals surface area (Å²) < 4.78 is 38.1. The Morgan fingerprint density at radius 3 is 2.48 bits per heavy atom. The van der Waals surface area contributed by atoms with Gasteiger partial charge in [-0.25, -0.2) is 0 Å². The zero-order chi connectivity index (χ0) is 15.5. The van der Waals surface area contributed by atoms with Gasteiger partial charge in [0, 0.05) is 6.04 Å². The lowest BCUT2D eigenvalue weighted by Gasteiger charge is -2.18. The van der Waals surface area contributed by atoms with Crippen LogP contribution in [0.15, 0.2) is 48.5 Å². The molecule has 0 saturated heterocycles. The van der Waals surface area contributed by atoms with Crippen LogP contribution in [0.25, 0.3) is 0 Å². The van der Waals surface area contributed by atoms with Crippen molar-refractivity contribution in [1.82, 2.24) is 0 Å². The maximum Gasteiger partial charge on any atom is 0.416 e. The molecule has 0 aromatic heterocycles. The van der Waals surface area contributed by atoms with E-state index in [2.05, 4.69) is 5.32 Å². The predicted octanol–water partition coefficient (Wildman–Crippen LogP) is 4.75. The summed E-state index contributed by atoms with van der Waals surface area (Å²) in [5.74, 6) is 0. The van der Waals surface area contributed by atoms with E-state index in [0.29, 0.717) is 16.8 Å². The molecule has 1 unspecified atom stereocenters. The van der Waals surface area contributed by atoms with Crippen LogP contribution in [0.4, 0.5) is 18.9 Å². The monoisotopic (exact) mass is 290 g/mol. The summed E-state index contributed by atoms with van der Waals surface area (Å²) >= 11 is 0. The molecule has 1 atom stereocenters. The molecule has 0 spiro atoms. The van der Waals surface area contributed by atoms with E-state index in [4.69, 9.17) is 5.26 Å². The molecule has 0 heterocycles. The summed E-state index contributed by atoms with van der Waals surface area (Å²) in [6.07, 6.45) is -4.36. The van der Waals surface area contributed by atoms with Gasteiger partial charge < -0.3 is 5.32 Å². The van der Waals surface area contributed by atoms with Gasteiger partial charge in [0.25, 0.3) is 0 Å². The molecule has 5 heteroatoms. The Labute approximate surface area is 120 Å². The lowest BCUT2D eigenvalue weighted by atomic mass is 10.0. The number of rotatable bonds is 3. The lowest BCUT2D eigenvalue weighted by molar-refractivity contribution is -0.137. The van der Waals surface area contributed by atoms with E-state index >= 15 is 0 Å². The number of nitriles is 1. The summed E-state index contributed by atoms with van der Waals surface area (Å²) in [6, 6.07) is 13.7. The molecule has 108 valence electrons. The van der Waals surface area contributed by atoms with Crippen LogP contribution in [-0.4, -0.2) is 0 Å². The Hall–Kier alpha value is -2.48. The molecule has 0 saturated carbocycles. The first kappa shape index (κ1) is 14.9. The van der Waals surface area contributed by atoms with Crippen molar-refractivity contribution < 1.29 is 13.2 Å². The van der Waals surface area contributed by atoms with Crippen LogP contribution in [0.2, 0.25) is 0 Å². The number of alkyl halides is 3. The van der Waals surface area contributed by atoms with Gasteiger partial charge in [0.1, 0.15) is 6.07 Å². The first-order valence-electron chi connectivity index (χ1n) is 6.34. The molecule has 0 aliphatic heterocycles. The first-order valence-corrected chi connectivity index (χ1v) is 6.34. The fourth-order valence-corrected chi connectivity index (χ4v) is 2.01. The third-order valence-corrected chi connectivity index (χ3v) is 3.13. The number of para-hydroxylation sites is 1. The van der Waals surface area contributed by atoms with Crippen LogP contribution in [0.5, 0.6) is 0 Å². The molecule has 0 amide bonds. The Kier molecular flexibility index (Phi) is 4.18. The van der Waals surface area contributed by atoms with E-state index in [9.17, 15) is 13.2 Å². The highest BCUT2D eigenvalue weighted by atomic mass is 19.4. The quantitative estimate of drug-likeness (QED) is 0.885. The Balaban J connectivity index is 2.25. The highest BCUT2D eigenvalue weighted by Gasteiger charge is 2.30. The van der Waals surface area contributed by atoms with Crippen LogP contribution in [0.3, 0.4) is 0 Å². The van der Waals surface area contributed by atoms with Crippen molar-refractivity contribution in [2.24, 2.45) is 0 Å². The van der Waals surface area contributed by atoms with Crippen molar-refractivity contribution in [3.05, 3.63) is 65.2 Å². The first-order chi connectivity index (χ1) is 9.91. The van der Waals surface area contributed by atoms with Gasteiger partial charge in [-0.2, -0.15) is 18.4 Å². The number of nitrogens with zero attached hydrogens (tertiary/aromatic N) is 1. The maximum atomic E-state index is 12.7. The maximum absolute atomic E-state index is 12.7. The fraction of sp³-hybridized carbons (Fsp3) is 0.188. The van der Waals surface area contributed by atoms with E-state index in [1.807, 2.05) is 6.07 Å². The second-order valence-corrected chi connectivity index (χ2v) is 4.65. The molecule has 0 fully saturated rings. The molecule has 0 aliphatic carbocycles. The van der Waals surface area contributed by atoms with Crippen LogP contribution < -0.4 is 5.32 Å². The van der Waals surface area contributed by atoms with Gasteiger partial charge in [-0.05, 0) is 36.8 Å². The van der Waals surface area contributed by atoms with E-state index in [1.54, 1.807) is 37.3 Å². The predicted molar refractivity (Wildman–Crippen MR) is 74.6 cm³/mol. The molecule has 1 N–H and O–H groups in total. The van der Waals surface area contributed by atoms with Crippen molar-refractivity contribution in [3.8, 4) is 6.07 Å². The molecule has 2 nitrogen and oxygen atoms in total. The minimum Gasteiger partial charge on any atom is -0.377 e. The normalized spacial score (nSPS) is 12.5. The van der Waals surface area contributed by atoms with Crippen LogP contribution in [0.1, 0.15) is 29.7 Å². The van der Waals surface area contributed by atoms with Crippen LogP contribution in [-0.2, 0) is 6.18 Å². The average molecular weight is 290 g/mol. The van der Waals surface area contributed by atoms with Gasteiger partial charge in [-0.3, -0.25) is 0 Å². The van der Waals surface area contributed by atoms with Gasteiger partial charge in [-0.15, -0.1) is 0 Å². The summed E-state index contributed by atoms with van der Waals surface area (Å²) in [5.41, 5.74) is 0.890. The Morgan fingerprint density at radius 2 is 1.81 bits per heavy atom. The average Bonchev–Trinajstić information content (AvgIpc) is 2.47. The molecule has 2 aromatic carbocycles. The number of anilines is 1. The Bertz CT molecular complexity index is 672. The smallest absolute Gasteiger partial charge is 0.377 e. The largest absolute Gasteiger partial charge is 0.416 e. The van der Waals surface area contributed by atoms with Crippen molar-refractivity contribution >= 4 is 5.69 Å². The summed E-state index contributed by atoms with van der Waals surface area (Å²) in [7, 11) is 0. The second-order valence-electron chi connectivity index (χ2n) is 4.65. The third kappa shape index (κ3) is 3.54. The molecular weight excluding hydrogens is 277 g/mol. The molecule has 2 aromatic rings. The zero-order valence-corrected chi connectivity index (χ0v) is 11.3. The summed E-state index contributed by atoms with van der Waals surface area (Å²) in [5, 5.41) is 12.1. The molecule has 0 aliphatic rings. The number of halogens is 3. The lowest BCUT2D eigenvalue weighted by Crippen LogP contribution is -2.10. The van der Waals surface area contributed by atoms with E-state index < -0.39 is 11.7 Å². The van der Waals surface area contributed by atoms with Crippen molar-refractivity contribution in [2.75, 3.05) is 5.32 Å². The Morgan fingerprint density at radius 1 is 1.10 bits per heavy atom. The van der Waals surface area contributed by atoms with Crippen molar-refractivity contribution in [1.29, 1.82) is 5.26 Å². The molecule has 0 bridgehead atoms. The van der Waals surface area contributed by atoms with E-state index in [0.717, 1.165) is 12.1 Å². The zero-order valence-electron chi connectivity index (χ0n) is 11.3. The van der Waals surface area contributed by atoms with Gasteiger partial charge in [0.15, 0.2) is 0 Å². The summed E-state index contributed by atoms with van der Waals surface area (Å²) in [4.78, 5) is 0. The van der Waals surface area contributed by atoms with Gasteiger partial charge >= 0.3 is 6.18 Å². The highest BCUT2D eigenvalue weighted by Crippen LogP contribution is 2.31.